The Bertz CT molecular complexity index is 3160. The molecule has 0 aliphatic carbocycles. The number of ketones is 2. The summed E-state index contributed by atoms with van der Waals surface area (Å²) in [4.78, 5) is 86.6. The molecule has 4 aliphatic rings. The van der Waals surface area contributed by atoms with Crippen LogP contribution in [0.2, 0.25) is 0 Å². The van der Waals surface area contributed by atoms with Crippen LogP contribution in [0.4, 0.5) is 22.7 Å². The van der Waals surface area contributed by atoms with Crippen LogP contribution in [-0.4, -0.2) is 84.5 Å². The van der Waals surface area contributed by atoms with Gasteiger partial charge in [-0.05, 0) is 148 Å². The van der Waals surface area contributed by atoms with Crippen LogP contribution in [0.3, 0.4) is 0 Å². The molecule has 5 aromatic carbocycles. The second-order valence-electron chi connectivity index (χ2n) is 22.2. The smallest absolute Gasteiger partial charge is 0.260 e. The fourth-order valence-electron chi connectivity index (χ4n) is 11.2. The number of rotatable bonds is 23. The average molecular weight is 1110 g/mol. The Kier molecular flexibility index (Phi) is 17.8. The Morgan fingerprint density at radius 2 is 1.41 bits per heavy atom. The van der Waals surface area contributed by atoms with Crippen molar-refractivity contribution in [3.8, 4) is 17.2 Å². The van der Waals surface area contributed by atoms with Crippen molar-refractivity contribution < 1.29 is 43.0 Å². The molecule has 0 spiro atoms. The number of anilines is 4. The second kappa shape index (κ2) is 24.7. The van der Waals surface area contributed by atoms with Crippen LogP contribution < -0.4 is 39.5 Å². The minimum Gasteiger partial charge on any atom is -0.493 e. The van der Waals surface area contributed by atoms with E-state index in [-0.39, 0.29) is 78.1 Å². The van der Waals surface area contributed by atoms with E-state index in [0.717, 1.165) is 70.8 Å². The van der Waals surface area contributed by atoms with Crippen molar-refractivity contribution in [3.05, 3.63) is 136 Å². The zero-order chi connectivity index (χ0) is 56.1. The fraction of sp³-hybridized carbons (Fsp3) is 0.429. The lowest BCUT2D eigenvalue weighted by Crippen LogP contribution is -2.41. The van der Waals surface area contributed by atoms with Gasteiger partial charge in [-0.2, -0.15) is 0 Å². The van der Waals surface area contributed by atoms with Gasteiger partial charge in [0, 0.05) is 90.4 Å². The molecule has 4 amide bonds. The largest absolute Gasteiger partial charge is 0.493 e. The summed E-state index contributed by atoms with van der Waals surface area (Å²) >= 11 is 0. The van der Waals surface area contributed by atoms with Crippen LogP contribution in [0.5, 0.6) is 17.2 Å². The first-order valence-electron chi connectivity index (χ1n) is 27.6. The third-order valence-corrected chi connectivity index (χ3v) is 19.0. The van der Waals surface area contributed by atoms with Gasteiger partial charge < -0.3 is 39.5 Å². The monoisotopic (exact) mass is 1110 g/mol. The summed E-state index contributed by atoms with van der Waals surface area (Å²) in [6.45, 7) is 12.2. The number of nitrogens with one attached hydrogen (secondary N) is 2. The third-order valence-electron chi connectivity index (χ3n) is 15.6. The number of amides is 4. The number of Topliss-reactive ketones (excluding diaryl/α,β-unsaturated/α-hetero) is 2. The zero-order valence-electron chi connectivity index (χ0n) is 46.7. The summed E-state index contributed by atoms with van der Waals surface area (Å²) in [7, 11) is 6.98. The Morgan fingerprint density at radius 3 is 2.09 bits per heavy atom. The van der Waals surface area contributed by atoms with Crippen LogP contribution in [-0.2, 0) is 51.7 Å². The minimum absolute atomic E-state index is 0.00282. The van der Waals surface area contributed by atoms with Crippen LogP contribution in [0.1, 0.15) is 134 Å². The molecule has 9 rings (SSSR count). The van der Waals surface area contributed by atoms with E-state index in [9.17, 15) is 28.8 Å². The van der Waals surface area contributed by atoms with E-state index in [4.69, 9.17) is 14.2 Å². The van der Waals surface area contributed by atoms with Gasteiger partial charge >= 0.3 is 0 Å². The van der Waals surface area contributed by atoms with E-state index in [1.54, 1.807) is 48.6 Å². The number of nitrogens with zero attached hydrogens (tertiary/aromatic N) is 3. The molecule has 16 heteroatoms. The van der Waals surface area contributed by atoms with Gasteiger partial charge in [0.1, 0.15) is 24.7 Å². The minimum atomic E-state index is -0.784. The molecule has 0 bridgehead atoms. The van der Waals surface area contributed by atoms with Crippen LogP contribution in [0.25, 0.3) is 0 Å². The topological polar surface area (TPSA) is 164 Å². The molecule has 14 nitrogen and oxygen atoms in total. The highest BCUT2D eigenvalue weighted by Gasteiger charge is 2.40. The summed E-state index contributed by atoms with van der Waals surface area (Å²) in [5.74, 6) is 0.977. The van der Waals surface area contributed by atoms with Crippen molar-refractivity contribution in [2.24, 2.45) is 5.92 Å². The molecule has 79 heavy (non-hydrogen) atoms. The molecular formula is C63H73N5O9S2. The maximum absolute atomic E-state index is 14.3. The normalized spacial score (nSPS) is 17.0. The van der Waals surface area contributed by atoms with Crippen molar-refractivity contribution >= 4 is 79.5 Å². The van der Waals surface area contributed by atoms with Crippen molar-refractivity contribution in [1.82, 2.24) is 5.32 Å². The van der Waals surface area contributed by atoms with Gasteiger partial charge in [0.25, 0.3) is 11.8 Å². The molecule has 0 saturated carbocycles. The predicted octanol–water partition coefficient (Wildman–Crippen LogP) is 11.4. The van der Waals surface area contributed by atoms with Crippen molar-refractivity contribution in [2.45, 2.75) is 142 Å². The summed E-state index contributed by atoms with van der Waals surface area (Å²) in [5.41, 5.74) is 9.85. The van der Waals surface area contributed by atoms with Crippen molar-refractivity contribution in [3.63, 3.8) is 0 Å². The molecule has 4 aliphatic heterocycles. The standard InChI is InChI=1S/C63H73N5O9S2/c1-9-49(69)17-14-24-78-79-63(5,6)23-22-59(71)64-40(4)55(70)26-39(3)60(72)65-46-28-41(36-76-56-34-54-51(25-38(56)2)62(74)68-48(35-66(54)7)31-45-16-11-13-19-53(45)68)27-42(29-46)37-77-58-32-43-20-21-47-30-44-15-10-12-18-52(44)67(47)61(73)50(43)33-57(58)75-8/h10-13,15-16,18-19,25,27-29,32-34,39-40,47-48H,9,14,17,20-24,26,30-31,35-37H2,1-8H3,(H,64,71)(H,65,72)/t39-,40-,47+,48-/m0/s1. The SMILES string of the molecule is CCC(=O)CCCSSC(C)(C)CCC(=O)N[C@@H](C)C(=O)C[C@H](C)C(=O)Nc1cc(COc2cc3c(cc2C)C(=O)N2c4ccccc4C[C@H]2CN3C)cc(COc2cc3c(cc2OC)C(=O)N2c4ccccc4C[C@H]2CC3)c1. The Balaban J connectivity index is 0.890. The number of para-hydroxylation sites is 2. The number of benzene rings is 5. The first kappa shape index (κ1) is 56.9. The first-order valence-corrected chi connectivity index (χ1v) is 29.9. The molecule has 0 saturated heterocycles. The highest BCUT2D eigenvalue weighted by Crippen LogP contribution is 2.43. The van der Waals surface area contributed by atoms with E-state index >= 15 is 0 Å². The van der Waals surface area contributed by atoms with Crippen LogP contribution in [0, 0.1) is 12.8 Å². The third kappa shape index (κ3) is 13.1. The maximum Gasteiger partial charge on any atom is 0.260 e. The summed E-state index contributed by atoms with van der Waals surface area (Å²) in [6, 6.07) is 28.6. The number of aryl methyl sites for hydroxylation is 2. The second-order valence-corrected chi connectivity index (χ2v) is 25.3. The van der Waals surface area contributed by atoms with E-state index in [0.29, 0.717) is 66.3 Å². The Hall–Kier alpha value is -6.78. The fourth-order valence-corrected chi connectivity index (χ4v) is 13.8. The van der Waals surface area contributed by atoms with Crippen molar-refractivity contribution in [1.29, 1.82) is 0 Å². The Labute approximate surface area is 472 Å². The molecule has 4 heterocycles. The van der Waals surface area contributed by atoms with Gasteiger partial charge in [-0.25, -0.2) is 0 Å². The molecule has 2 N–H and O–H groups in total. The predicted molar refractivity (Wildman–Crippen MR) is 315 cm³/mol. The van der Waals surface area contributed by atoms with Gasteiger partial charge in [-0.3, -0.25) is 28.8 Å². The molecule has 0 fully saturated rings. The molecule has 416 valence electrons. The number of methoxy groups -OCH3 is 1. The maximum atomic E-state index is 14.3. The lowest BCUT2D eigenvalue weighted by molar-refractivity contribution is -0.129. The van der Waals surface area contributed by atoms with Gasteiger partial charge in [0.15, 0.2) is 17.3 Å². The first-order chi connectivity index (χ1) is 37.9. The van der Waals surface area contributed by atoms with Crippen molar-refractivity contribution in [2.75, 3.05) is 46.5 Å². The lowest BCUT2D eigenvalue weighted by Gasteiger charge is -2.25. The van der Waals surface area contributed by atoms with Gasteiger partial charge in [0.05, 0.1) is 30.4 Å². The number of fused-ring (bicyclic) bond motifs is 8. The number of hydrogen-bond acceptors (Lipinski definition) is 12. The molecule has 4 atom stereocenters. The van der Waals surface area contributed by atoms with Gasteiger partial charge in [-0.15, -0.1) is 0 Å². The van der Waals surface area contributed by atoms with Gasteiger partial charge in [0.2, 0.25) is 11.8 Å². The van der Waals surface area contributed by atoms with Gasteiger partial charge in [-0.1, -0.05) is 71.8 Å². The van der Waals surface area contributed by atoms with E-state index in [1.807, 2.05) is 103 Å². The summed E-state index contributed by atoms with van der Waals surface area (Å²) < 4.78 is 18.8. The number of likely N-dealkylation sites (N-methyl/N-ethyl adjacent to an activating group) is 1. The summed E-state index contributed by atoms with van der Waals surface area (Å²) in [6.07, 6.45) is 5.83. The van der Waals surface area contributed by atoms with Crippen LogP contribution >= 0.6 is 21.6 Å². The quantitative estimate of drug-likeness (QED) is 0.0471. The Morgan fingerprint density at radius 1 is 0.759 bits per heavy atom. The highest BCUT2D eigenvalue weighted by molar-refractivity contribution is 8.77. The highest BCUT2D eigenvalue weighted by atomic mass is 33.1. The number of hydrogen-bond donors (Lipinski definition) is 2. The molecule has 0 unspecified atom stereocenters. The number of carbonyl (C=O) groups excluding carboxylic acids is 6. The van der Waals surface area contributed by atoms with E-state index < -0.39 is 12.0 Å². The zero-order valence-corrected chi connectivity index (χ0v) is 48.3. The molecule has 5 aromatic rings. The lowest BCUT2D eigenvalue weighted by atomic mass is 9.99. The van der Waals surface area contributed by atoms with E-state index in [2.05, 4.69) is 41.5 Å². The summed E-state index contributed by atoms with van der Waals surface area (Å²) in [5, 5.41) is 5.89. The van der Waals surface area contributed by atoms with E-state index in [1.165, 1.54) is 11.1 Å². The van der Waals surface area contributed by atoms with Crippen LogP contribution in [0.15, 0.2) is 91.0 Å². The number of ether oxygens (including phenoxy) is 3. The molecule has 0 aromatic heterocycles. The average Bonchev–Trinajstić information content (AvgIpc) is 4.19. The number of carbonyl (C=O) groups is 6. The molecule has 0 radical (unpaired) electrons. The molecular weight excluding hydrogens is 1030 g/mol.